The number of nitrogens with zero attached hydrogens (tertiary/aromatic N) is 1. The highest BCUT2D eigenvalue weighted by Gasteiger charge is 2.11. The number of rotatable bonds is 3. The van der Waals surface area contributed by atoms with Crippen LogP contribution < -0.4 is 0 Å². The minimum absolute atomic E-state index is 0.966. The zero-order valence-electron chi connectivity index (χ0n) is 15.4. The zero-order chi connectivity index (χ0) is 18.2. The number of para-hydroxylation sites is 2. The van der Waals surface area contributed by atoms with Crippen LogP contribution in [0.4, 0.5) is 0 Å². The smallest absolute Gasteiger partial charge is 0.0541 e. The summed E-state index contributed by atoms with van der Waals surface area (Å²) in [6, 6.07) is 35.1. The van der Waals surface area contributed by atoms with Crippen molar-refractivity contribution in [3.63, 3.8) is 0 Å². The van der Waals surface area contributed by atoms with E-state index in [0.717, 1.165) is 6.42 Å². The van der Waals surface area contributed by atoms with Gasteiger partial charge in [0.05, 0.1) is 11.0 Å². The van der Waals surface area contributed by atoms with Gasteiger partial charge in [-0.15, -0.1) is 0 Å². The molecule has 0 N–H and O–H groups in total. The first kappa shape index (κ1) is 15.9. The van der Waals surface area contributed by atoms with Gasteiger partial charge in [-0.25, -0.2) is 0 Å². The van der Waals surface area contributed by atoms with Gasteiger partial charge in [0.15, 0.2) is 0 Å². The Hall–Kier alpha value is -3.32. The SMILES string of the molecule is Cc1ccc(Cc2ccc(-n3c4ccccc4c4ccccc43)cc2)cc1. The summed E-state index contributed by atoms with van der Waals surface area (Å²) < 4.78 is 2.36. The average molecular weight is 347 g/mol. The van der Waals surface area contributed by atoms with Gasteiger partial charge in [0, 0.05) is 16.5 Å². The summed E-state index contributed by atoms with van der Waals surface area (Å²) in [5, 5.41) is 2.61. The van der Waals surface area contributed by atoms with Crippen LogP contribution in [0, 0.1) is 6.92 Å². The number of hydrogen-bond acceptors (Lipinski definition) is 0. The van der Waals surface area contributed by atoms with Crippen molar-refractivity contribution in [1.29, 1.82) is 0 Å². The van der Waals surface area contributed by atoms with Gasteiger partial charge in [0.25, 0.3) is 0 Å². The van der Waals surface area contributed by atoms with Crippen LogP contribution in [0.3, 0.4) is 0 Å². The molecule has 0 aliphatic rings. The van der Waals surface area contributed by atoms with E-state index in [0.29, 0.717) is 0 Å². The maximum atomic E-state index is 2.36. The van der Waals surface area contributed by atoms with E-state index in [2.05, 4.69) is 109 Å². The Balaban J connectivity index is 1.57. The quantitative estimate of drug-likeness (QED) is 0.343. The molecule has 0 saturated heterocycles. The average Bonchev–Trinajstić information content (AvgIpc) is 3.05. The van der Waals surface area contributed by atoms with Crippen molar-refractivity contribution in [3.05, 3.63) is 114 Å². The van der Waals surface area contributed by atoms with E-state index < -0.39 is 0 Å². The molecule has 0 fully saturated rings. The third-order valence-corrected chi connectivity index (χ3v) is 5.30. The third kappa shape index (κ3) is 2.82. The van der Waals surface area contributed by atoms with Crippen LogP contribution in [-0.2, 0) is 6.42 Å². The third-order valence-electron chi connectivity index (χ3n) is 5.30. The summed E-state index contributed by atoms with van der Waals surface area (Å²) in [4.78, 5) is 0. The maximum Gasteiger partial charge on any atom is 0.0541 e. The van der Waals surface area contributed by atoms with Crippen LogP contribution in [0.1, 0.15) is 16.7 Å². The molecule has 1 aromatic heterocycles. The lowest BCUT2D eigenvalue weighted by atomic mass is 10.0. The first-order valence-corrected chi connectivity index (χ1v) is 9.43. The molecule has 0 saturated carbocycles. The monoisotopic (exact) mass is 347 g/mol. The van der Waals surface area contributed by atoms with E-state index in [9.17, 15) is 0 Å². The van der Waals surface area contributed by atoms with E-state index in [4.69, 9.17) is 0 Å². The van der Waals surface area contributed by atoms with Crippen LogP contribution in [0.2, 0.25) is 0 Å². The Morgan fingerprint density at radius 1 is 0.556 bits per heavy atom. The number of benzene rings is 4. The molecule has 0 radical (unpaired) electrons. The molecule has 0 bridgehead atoms. The molecule has 27 heavy (non-hydrogen) atoms. The molecular weight excluding hydrogens is 326 g/mol. The van der Waals surface area contributed by atoms with Crippen LogP contribution in [0.5, 0.6) is 0 Å². The van der Waals surface area contributed by atoms with Gasteiger partial charge in [0.2, 0.25) is 0 Å². The summed E-state index contributed by atoms with van der Waals surface area (Å²) in [5.74, 6) is 0. The van der Waals surface area contributed by atoms with Crippen LogP contribution >= 0.6 is 0 Å². The fraction of sp³-hybridized carbons (Fsp3) is 0.0769. The van der Waals surface area contributed by atoms with E-state index >= 15 is 0 Å². The molecule has 0 amide bonds. The van der Waals surface area contributed by atoms with Gasteiger partial charge in [-0.2, -0.15) is 0 Å². The maximum absolute atomic E-state index is 2.36. The summed E-state index contributed by atoms with van der Waals surface area (Å²) in [6.45, 7) is 2.13. The number of aryl methyl sites for hydroxylation is 1. The summed E-state index contributed by atoms with van der Waals surface area (Å²) >= 11 is 0. The Kier molecular flexibility index (Phi) is 3.79. The molecule has 1 heterocycles. The lowest BCUT2D eigenvalue weighted by Crippen LogP contribution is -1.95. The molecule has 0 aliphatic heterocycles. The lowest BCUT2D eigenvalue weighted by molar-refractivity contribution is 1.15. The van der Waals surface area contributed by atoms with Gasteiger partial charge < -0.3 is 4.57 Å². The van der Waals surface area contributed by atoms with Gasteiger partial charge in [-0.1, -0.05) is 78.4 Å². The van der Waals surface area contributed by atoms with Crippen molar-refractivity contribution in [2.45, 2.75) is 13.3 Å². The number of fused-ring (bicyclic) bond motifs is 3. The molecule has 5 rings (SSSR count). The fourth-order valence-corrected chi connectivity index (χ4v) is 3.91. The Bertz CT molecular complexity index is 1170. The van der Waals surface area contributed by atoms with Gasteiger partial charge >= 0.3 is 0 Å². The summed E-state index contributed by atoms with van der Waals surface area (Å²) in [7, 11) is 0. The van der Waals surface area contributed by atoms with Crippen molar-refractivity contribution in [1.82, 2.24) is 4.57 Å². The summed E-state index contributed by atoms with van der Waals surface area (Å²) in [6.07, 6.45) is 0.966. The van der Waals surface area contributed by atoms with Gasteiger partial charge in [0.1, 0.15) is 0 Å². The van der Waals surface area contributed by atoms with Crippen LogP contribution in [0.25, 0.3) is 27.5 Å². The van der Waals surface area contributed by atoms with Crippen molar-refractivity contribution < 1.29 is 0 Å². The second-order valence-corrected chi connectivity index (χ2v) is 7.20. The predicted molar refractivity (Wildman–Crippen MR) is 115 cm³/mol. The number of aromatic nitrogens is 1. The normalized spacial score (nSPS) is 11.3. The van der Waals surface area contributed by atoms with Crippen molar-refractivity contribution in [3.8, 4) is 5.69 Å². The minimum atomic E-state index is 0.966. The molecule has 4 aromatic carbocycles. The molecule has 130 valence electrons. The highest BCUT2D eigenvalue weighted by atomic mass is 15.0. The minimum Gasteiger partial charge on any atom is -0.309 e. The Morgan fingerprint density at radius 3 is 1.59 bits per heavy atom. The molecule has 0 spiro atoms. The van der Waals surface area contributed by atoms with Crippen molar-refractivity contribution in [2.75, 3.05) is 0 Å². The second kappa shape index (κ2) is 6.44. The molecule has 1 heteroatoms. The standard InChI is InChI=1S/C26H21N/c1-19-10-12-20(13-11-19)18-21-14-16-22(17-15-21)27-25-8-4-2-6-23(25)24-7-3-5-9-26(24)27/h2-17H,18H2,1H3. The van der Waals surface area contributed by atoms with Crippen molar-refractivity contribution >= 4 is 21.8 Å². The second-order valence-electron chi connectivity index (χ2n) is 7.20. The Labute approximate surface area is 159 Å². The van der Waals surface area contributed by atoms with Gasteiger partial charge in [-0.3, -0.25) is 0 Å². The zero-order valence-corrected chi connectivity index (χ0v) is 15.4. The largest absolute Gasteiger partial charge is 0.309 e. The highest BCUT2D eigenvalue weighted by Crippen LogP contribution is 2.31. The van der Waals surface area contributed by atoms with E-state index in [1.54, 1.807) is 0 Å². The molecule has 0 aliphatic carbocycles. The van der Waals surface area contributed by atoms with Gasteiger partial charge in [-0.05, 0) is 48.7 Å². The topological polar surface area (TPSA) is 4.93 Å². The first-order chi connectivity index (χ1) is 13.3. The molecule has 0 unspecified atom stereocenters. The molecule has 0 atom stereocenters. The van der Waals surface area contributed by atoms with Crippen LogP contribution in [-0.4, -0.2) is 4.57 Å². The summed E-state index contributed by atoms with van der Waals surface area (Å²) in [5.41, 5.74) is 7.71. The van der Waals surface area contributed by atoms with E-state index in [-0.39, 0.29) is 0 Å². The molecule has 1 nitrogen and oxygen atoms in total. The number of hydrogen-bond donors (Lipinski definition) is 0. The fourth-order valence-electron chi connectivity index (χ4n) is 3.91. The highest BCUT2D eigenvalue weighted by molar-refractivity contribution is 6.09. The first-order valence-electron chi connectivity index (χ1n) is 9.43. The van der Waals surface area contributed by atoms with Crippen molar-refractivity contribution in [2.24, 2.45) is 0 Å². The predicted octanol–water partition coefficient (Wildman–Crippen LogP) is 6.68. The van der Waals surface area contributed by atoms with E-state index in [1.807, 2.05) is 0 Å². The molecule has 5 aromatic rings. The Morgan fingerprint density at radius 2 is 1.04 bits per heavy atom. The van der Waals surface area contributed by atoms with Crippen LogP contribution in [0.15, 0.2) is 97.1 Å². The molecular formula is C26H21N. The van der Waals surface area contributed by atoms with E-state index in [1.165, 1.54) is 44.2 Å². The lowest BCUT2D eigenvalue weighted by Gasteiger charge is -2.09.